The Morgan fingerprint density at radius 1 is 1.08 bits per heavy atom. The molecule has 0 fully saturated rings. The van der Waals surface area contributed by atoms with Crippen molar-refractivity contribution in [2.24, 2.45) is 0 Å². The number of halogens is 4. The maximum atomic E-state index is 14.3. The van der Waals surface area contributed by atoms with E-state index >= 15 is 0 Å². The van der Waals surface area contributed by atoms with Crippen LogP contribution in [0.2, 0.25) is 5.02 Å². The first kappa shape index (κ1) is 23.4. The fourth-order valence-corrected chi connectivity index (χ4v) is 4.50. The van der Waals surface area contributed by atoms with Gasteiger partial charge in [-0.25, -0.2) is 24.1 Å². The number of benzene rings is 1. The molecule has 14 heteroatoms. The van der Waals surface area contributed by atoms with Crippen LogP contribution < -0.4 is 10.7 Å². The first-order valence-electron chi connectivity index (χ1n) is 10.8. The van der Waals surface area contributed by atoms with Crippen molar-refractivity contribution in [1.82, 2.24) is 34.5 Å². The van der Waals surface area contributed by atoms with Gasteiger partial charge in [0.2, 0.25) is 0 Å². The van der Waals surface area contributed by atoms with Crippen molar-refractivity contribution in [3.8, 4) is 11.5 Å². The quantitative estimate of drug-likeness (QED) is 0.355. The lowest BCUT2D eigenvalue weighted by atomic mass is 10.1. The molecule has 38 heavy (non-hydrogen) atoms. The van der Waals surface area contributed by atoms with Crippen LogP contribution in [0.4, 0.5) is 18.9 Å². The van der Waals surface area contributed by atoms with Gasteiger partial charge < -0.3 is 10.3 Å². The molecule has 6 rings (SSSR count). The van der Waals surface area contributed by atoms with Crippen molar-refractivity contribution in [2.45, 2.75) is 6.18 Å². The van der Waals surface area contributed by atoms with E-state index in [1.165, 1.54) is 29.3 Å². The summed E-state index contributed by atoms with van der Waals surface area (Å²) in [5.74, 6) is 0.972. The summed E-state index contributed by atoms with van der Waals surface area (Å²) < 4.78 is 45.0. The summed E-state index contributed by atoms with van der Waals surface area (Å²) in [7, 11) is 0. The van der Waals surface area contributed by atoms with E-state index in [-0.39, 0.29) is 27.6 Å². The minimum absolute atomic E-state index is 0.0285. The number of alkyl halides is 3. The first-order chi connectivity index (χ1) is 18.3. The number of nitrogens with zero attached hydrogens (tertiary/aromatic N) is 6. The Morgan fingerprint density at radius 3 is 2.61 bits per heavy atom. The van der Waals surface area contributed by atoms with Crippen LogP contribution >= 0.6 is 11.6 Å². The van der Waals surface area contributed by atoms with E-state index < -0.39 is 23.3 Å². The van der Waals surface area contributed by atoms with Gasteiger partial charge in [-0.1, -0.05) is 29.8 Å². The van der Waals surface area contributed by atoms with E-state index in [9.17, 15) is 22.8 Å². The molecule has 188 valence electrons. The lowest BCUT2D eigenvalue weighted by Gasteiger charge is -2.14. The SMILES string of the molecule is O=C=c1[nH]c2ncc(-n3ncc(C(=O)Nc4cnc(-n5cccn5)c(Cl)c4)c3C(F)(F)F)c3cccc1c23. The predicted octanol–water partition coefficient (Wildman–Crippen LogP) is 3.63. The van der Waals surface area contributed by atoms with Gasteiger partial charge in [0.1, 0.15) is 11.0 Å². The third kappa shape index (κ3) is 3.69. The van der Waals surface area contributed by atoms with Crippen LogP contribution in [0.25, 0.3) is 33.3 Å². The molecule has 1 amide bonds. The smallest absolute Gasteiger partial charge is 0.330 e. The molecule has 5 heterocycles. The van der Waals surface area contributed by atoms with Crippen LogP contribution in [0, 0.1) is 0 Å². The summed E-state index contributed by atoms with van der Waals surface area (Å²) in [4.78, 5) is 35.4. The van der Waals surface area contributed by atoms with Crippen LogP contribution in [0.1, 0.15) is 16.1 Å². The second-order valence-corrected chi connectivity index (χ2v) is 8.48. The van der Waals surface area contributed by atoms with Crippen molar-refractivity contribution >= 4 is 50.9 Å². The van der Waals surface area contributed by atoms with Gasteiger partial charge in [0.15, 0.2) is 17.5 Å². The number of pyridine rings is 2. The number of nitrogens with one attached hydrogen (secondary N) is 2. The number of carbonyl (C=O) groups excluding carboxylic acids is 2. The maximum absolute atomic E-state index is 14.3. The molecule has 0 unspecified atom stereocenters. The van der Waals surface area contributed by atoms with Crippen LogP contribution in [-0.2, 0) is 11.0 Å². The molecule has 0 radical (unpaired) electrons. The zero-order valence-electron chi connectivity index (χ0n) is 18.8. The highest BCUT2D eigenvalue weighted by Gasteiger charge is 2.41. The third-order valence-electron chi connectivity index (χ3n) is 5.82. The van der Waals surface area contributed by atoms with E-state index in [2.05, 4.69) is 30.5 Å². The fourth-order valence-electron chi connectivity index (χ4n) is 4.25. The summed E-state index contributed by atoms with van der Waals surface area (Å²) in [6.07, 6.45) is 1.43. The molecule has 2 N–H and O–H groups in total. The van der Waals surface area contributed by atoms with Crippen LogP contribution in [0.5, 0.6) is 0 Å². The van der Waals surface area contributed by atoms with Gasteiger partial charge in [0.25, 0.3) is 5.91 Å². The minimum atomic E-state index is -4.96. The van der Waals surface area contributed by atoms with E-state index in [0.717, 1.165) is 6.20 Å². The van der Waals surface area contributed by atoms with Crippen molar-refractivity contribution in [3.05, 3.63) is 82.9 Å². The van der Waals surface area contributed by atoms with E-state index in [4.69, 9.17) is 11.6 Å². The van der Waals surface area contributed by atoms with Crippen LogP contribution in [-0.4, -0.2) is 46.4 Å². The third-order valence-corrected chi connectivity index (χ3v) is 6.10. The normalized spacial score (nSPS) is 11.8. The Labute approximate surface area is 214 Å². The van der Waals surface area contributed by atoms with Crippen LogP contribution in [0.15, 0.2) is 61.3 Å². The van der Waals surface area contributed by atoms with Gasteiger partial charge in [-0.3, -0.25) is 4.79 Å². The number of anilines is 1. The number of aromatic nitrogens is 7. The molecule has 0 bridgehead atoms. The Balaban J connectivity index is 1.43. The zero-order valence-corrected chi connectivity index (χ0v) is 19.5. The number of amides is 1. The van der Waals surface area contributed by atoms with Crippen molar-refractivity contribution in [2.75, 3.05) is 5.32 Å². The van der Waals surface area contributed by atoms with Gasteiger partial charge in [-0.15, -0.1) is 0 Å². The van der Waals surface area contributed by atoms with Gasteiger partial charge in [-0.05, 0) is 12.1 Å². The minimum Gasteiger partial charge on any atom is -0.330 e. The van der Waals surface area contributed by atoms with Crippen molar-refractivity contribution in [1.29, 1.82) is 0 Å². The molecule has 0 saturated carbocycles. The monoisotopic (exact) mass is 536 g/mol. The zero-order chi connectivity index (χ0) is 26.6. The largest absolute Gasteiger partial charge is 0.434 e. The fraction of sp³-hybridized carbons (Fsp3) is 0.0417. The Kier molecular flexibility index (Phi) is 5.26. The highest BCUT2D eigenvalue weighted by Crippen LogP contribution is 2.36. The molecule has 0 aliphatic rings. The van der Waals surface area contributed by atoms with Gasteiger partial charge in [0, 0.05) is 28.6 Å². The van der Waals surface area contributed by atoms with Gasteiger partial charge >= 0.3 is 6.18 Å². The number of hydrogen-bond donors (Lipinski definition) is 2. The van der Waals surface area contributed by atoms with E-state index in [0.29, 0.717) is 26.5 Å². The molecule has 5 aromatic heterocycles. The number of rotatable bonds is 4. The van der Waals surface area contributed by atoms with E-state index in [1.54, 1.807) is 36.4 Å². The molecular formula is C24H12ClF3N8O2. The van der Waals surface area contributed by atoms with E-state index in [1.807, 2.05) is 0 Å². The Bertz CT molecular complexity index is 1940. The van der Waals surface area contributed by atoms with Crippen molar-refractivity contribution < 1.29 is 22.8 Å². The second kappa shape index (κ2) is 8.54. The molecule has 0 aliphatic carbocycles. The number of hydrogen-bond acceptors (Lipinski definition) is 6. The van der Waals surface area contributed by atoms with Crippen LogP contribution in [0.3, 0.4) is 0 Å². The summed E-state index contributed by atoms with van der Waals surface area (Å²) in [5.41, 5.74) is -1.68. The summed E-state index contributed by atoms with van der Waals surface area (Å²) in [5, 5.41) is 11.8. The lowest BCUT2D eigenvalue weighted by molar-refractivity contribution is -0.143. The summed E-state index contributed by atoms with van der Waals surface area (Å²) in [6.45, 7) is 0. The highest BCUT2D eigenvalue weighted by molar-refractivity contribution is 6.32. The molecule has 0 spiro atoms. The second-order valence-electron chi connectivity index (χ2n) is 8.07. The topological polar surface area (TPSA) is 123 Å². The van der Waals surface area contributed by atoms with Crippen molar-refractivity contribution in [3.63, 3.8) is 0 Å². The molecule has 1 aromatic carbocycles. The molecule has 0 atom stereocenters. The summed E-state index contributed by atoms with van der Waals surface area (Å²) >= 11 is 6.24. The Hall–Kier alpha value is -5.00. The molecule has 0 saturated heterocycles. The summed E-state index contributed by atoms with van der Waals surface area (Å²) in [6, 6.07) is 7.80. The average Bonchev–Trinajstić information content (AvgIpc) is 3.64. The molecule has 6 aromatic rings. The number of aromatic amines is 1. The molecule has 10 nitrogen and oxygen atoms in total. The predicted molar refractivity (Wildman–Crippen MR) is 130 cm³/mol. The number of H-pyrrole nitrogens is 1. The average molecular weight is 537 g/mol. The van der Waals surface area contributed by atoms with Gasteiger partial charge in [0.05, 0.1) is 40.6 Å². The maximum Gasteiger partial charge on any atom is 0.434 e. The lowest BCUT2D eigenvalue weighted by Crippen LogP contribution is -2.21. The molecule has 0 aliphatic heterocycles. The standard InChI is InChI=1S/C24H12ClF3N8O2/c25-16-7-12(8-30-22(16)35-6-2-5-31-35)33-23(38)15-9-32-36(20(15)24(26,27)28)18-10-29-21-19-13(17(11-37)34-21)3-1-4-14(18)19/h1-10H,(H,29,34)(H,33,38). The first-order valence-corrected chi connectivity index (χ1v) is 11.2. The van der Waals surface area contributed by atoms with Gasteiger partial charge in [-0.2, -0.15) is 23.4 Å². The number of carbonyl (C=O) groups is 1. The highest BCUT2D eigenvalue weighted by atomic mass is 35.5. The molecular weight excluding hydrogens is 525 g/mol. The Morgan fingerprint density at radius 2 is 1.89 bits per heavy atom.